The van der Waals surface area contributed by atoms with Crippen LogP contribution in [-0.2, 0) is 6.42 Å². The first kappa shape index (κ1) is 14.7. The zero-order valence-corrected chi connectivity index (χ0v) is 13.5. The Morgan fingerprint density at radius 3 is 2.70 bits per heavy atom. The molecule has 0 spiro atoms. The summed E-state index contributed by atoms with van der Waals surface area (Å²) in [6.07, 6.45) is 2.40. The van der Waals surface area contributed by atoms with E-state index in [0.29, 0.717) is 0 Å². The molecule has 0 aliphatic rings. The molecule has 1 heterocycles. The summed E-state index contributed by atoms with van der Waals surface area (Å²) in [7, 11) is 0.269. The summed E-state index contributed by atoms with van der Waals surface area (Å²) in [5, 5.41) is 1.05. The molecule has 2 N–H and O–H groups in total. The fraction of sp³-hybridized carbons (Fsp3) is 0.375. The minimum Gasteiger partial charge on any atom is -0.493 e. The summed E-state index contributed by atoms with van der Waals surface area (Å²) < 4.78 is 10.8. The maximum Gasteiger partial charge on any atom is 0.175 e. The highest BCUT2D eigenvalue weighted by Gasteiger charge is 2.12. The second kappa shape index (κ2) is 5.74. The Kier molecular flexibility index (Phi) is 4.22. The van der Waals surface area contributed by atoms with E-state index in [0.717, 1.165) is 28.7 Å². The first-order valence-corrected chi connectivity index (χ1v) is 10.2. The number of rotatable bonds is 3. The van der Waals surface area contributed by atoms with Gasteiger partial charge in [-0.15, -0.1) is 5.54 Å². The molecule has 1 aromatic carbocycles. The smallest absolute Gasteiger partial charge is 0.175 e. The van der Waals surface area contributed by atoms with Gasteiger partial charge in [0.2, 0.25) is 0 Å². The van der Waals surface area contributed by atoms with Crippen LogP contribution in [0, 0.1) is 11.5 Å². The second-order valence-electron chi connectivity index (χ2n) is 5.92. The van der Waals surface area contributed by atoms with E-state index in [1.165, 1.54) is 0 Å². The van der Waals surface area contributed by atoms with E-state index in [9.17, 15) is 0 Å². The normalized spacial score (nSPS) is 12.8. The average molecular weight is 287 g/mol. The largest absolute Gasteiger partial charge is 0.493 e. The molecule has 20 heavy (non-hydrogen) atoms. The highest BCUT2D eigenvalue weighted by Crippen LogP contribution is 2.29. The van der Waals surface area contributed by atoms with Gasteiger partial charge in [0.25, 0.3) is 0 Å². The quantitative estimate of drug-likeness (QED) is 0.696. The Morgan fingerprint density at radius 2 is 2.05 bits per heavy atom. The van der Waals surface area contributed by atoms with Gasteiger partial charge in [-0.1, -0.05) is 31.6 Å². The maximum atomic E-state index is 6.13. The van der Waals surface area contributed by atoms with Crippen LogP contribution in [0.15, 0.2) is 28.9 Å². The Bertz CT molecular complexity index is 658. The first-order chi connectivity index (χ1) is 9.40. The lowest BCUT2D eigenvalue weighted by Gasteiger charge is -2.09. The van der Waals surface area contributed by atoms with Gasteiger partial charge >= 0.3 is 0 Å². The Labute approximate surface area is 121 Å². The number of hydrogen-bond acceptors (Lipinski definition) is 3. The molecular formula is C16H21NO2Si. The van der Waals surface area contributed by atoms with Crippen LogP contribution in [-0.4, -0.2) is 21.2 Å². The van der Waals surface area contributed by atoms with Gasteiger partial charge in [0, 0.05) is 5.39 Å². The van der Waals surface area contributed by atoms with Crippen molar-refractivity contribution in [1.29, 1.82) is 0 Å². The number of furan rings is 1. The van der Waals surface area contributed by atoms with Gasteiger partial charge in [-0.25, -0.2) is 0 Å². The fourth-order valence-electron chi connectivity index (χ4n) is 2.03. The van der Waals surface area contributed by atoms with Crippen LogP contribution in [0.3, 0.4) is 0 Å². The van der Waals surface area contributed by atoms with Crippen LogP contribution in [0.5, 0.6) is 5.75 Å². The molecule has 3 nitrogen and oxygen atoms in total. The number of ether oxygens (including phenoxy) is 1. The molecule has 1 unspecified atom stereocenters. The summed E-state index contributed by atoms with van der Waals surface area (Å²) >= 11 is 0. The van der Waals surface area contributed by atoms with E-state index < -0.39 is 8.07 Å². The second-order valence-corrected chi connectivity index (χ2v) is 10.7. The monoisotopic (exact) mass is 287 g/mol. The molecule has 106 valence electrons. The van der Waals surface area contributed by atoms with Gasteiger partial charge < -0.3 is 14.9 Å². The van der Waals surface area contributed by atoms with Gasteiger partial charge in [-0.2, -0.15) is 0 Å². The minimum absolute atomic E-state index is 0.145. The molecule has 4 heteroatoms. The Hall–Kier alpha value is -1.70. The average Bonchev–Trinajstić information content (AvgIpc) is 2.85. The predicted molar refractivity (Wildman–Crippen MR) is 85.6 cm³/mol. The topological polar surface area (TPSA) is 48.4 Å². The van der Waals surface area contributed by atoms with Crippen LogP contribution < -0.4 is 10.5 Å². The van der Waals surface area contributed by atoms with Gasteiger partial charge in [-0.3, -0.25) is 0 Å². The lowest BCUT2D eigenvalue weighted by molar-refractivity contribution is 0.410. The van der Waals surface area contributed by atoms with Crippen molar-refractivity contribution in [2.24, 2.45) is 5.73 Å². The zero-order valence-electron chi connectivity index (χ0n) is 12.5. The summed E-state index contributed by atoms with van der Waals surface area (Å²) in [5.74, 6) is 3.93. The van der Waals surface area contributed by atoms with Crippen molar-refractivity contribution in [3.8, 4) is 17.2 Å². The molecule has 0 radical (unpaired) electrons. The molecule has 1 atom stereocenters. The van der Waals surface area contributed by atoms with E-state index in [1.807, 2.05) is 18.2 Å². The van der Waals surface area contributed by atoms with Crippen molar-refractivity contribution in [3.63, 3.8) is 0 Å². The number of nitrogens with two attached hydrogens (primary N) is 1. The zero-order chi connectivity index (χ0) is 14.8. The van der Waals surface area contributed by atoms with Crippen molar-refractivity contribution < 1.29 is 9.15 Å². The lowest BCUT2D eigenvalue weighted by atomic mass is 10.0. The molecule has 0 aliphatic heterocycles. The molecule has 0 amide bonds. The van der Waals surface area contributed by atoms with Crippen molar-refractivity contribution in [3.05, 3.63) is 30.0 Å². The van der Waals surface area contributed by atoms with Crippen molar-refractivity contribution in [2.45, 2.75) is 32.1 Å². The number of hydrogen-bond donors (Lipinski definition) is 1. The molecule has 0 saturated carbocycles. The van der Waals surface area contributed by atoms with E-state index in [-0.39, 0.29) is 6.04 Å². The number of benzene rings is 1. The van der Waals surface area contributed by atoms with Gasteiger partial charge in [0.1, 0.15) is 8.07 Å². The highest BCUT2D eigenvalue weighted by molar-refractivity contribution is 6.83. The third-order valence-corrected chi connectivity index (χ3v) is 3.86. The molecule has 2 rings (SSSR count). The van der Waals surface area contributed by atoms with E-state index in [1.54, 1.807) is 13.4 Å². The predicted octanol–water partition coefficient (Wildman–Crippen LogP) is 3.19. The molecule has 1 aromatic heterocycles. The van der Waals surface area contributed by atoms with Gasteiger partial charge in [0.15, 0.2) is 11.3 Å². The Morgan fingerprint density at radius 1 is 1.30 bits per heavy atom. The summed E-state index contributed by atoms with van der Waals surface area (Å²) in [4.78, 5) is 0. The van der Waals surface area contributed by atoms with E-state index in [2.05, 4.69) is 31.1 Å². The van der Waals surface area contributed by atoms with Gasteiger partial charge in [0.05, 0.1) is 19.4 Å². The molecule has 2 aromatic rings. The third-order valence-electron chi connectivity index (χ3n) is 2.96. The third kappa shape index (κ3) is 3.44. The fourth-order valence-corrected chi connectivity index (χ4v) is 2.65. The Balaban J connectivity index is 2.26. The number of methoxy groups -OCH3 is 1. The van der Waals surface area contributed by atoms with Gasteiger partial charge in [-0.05, 0) is 24.1 Å². The van der Waals surface area contributed by atoms with Crippen LogP contribution in [0.4, 0.5) is 0 Å². The number of fused-ring (bicyclic) bond motifs is 1. The summed E-state index contributed by atoms with van der Waals surface area (Å²) in [6, 6.07) is 5.76. The molecular weight excluding hydrogens is 266 g/mol. The van der Waals surface area contributed by atoms with Crippen molar-refractivity contribution in [1.82, 2.24) is 0 Å². The molecule has 0 saturated heterocycles. The van der Waals surface area contributed by atoms with Crippen LogP contribution in [0.1, 0.15) is 5.56 Å². The van der Waals surface area contributed by atoms with E-state index >= 15 is 0 Å². The van der Waals surface area contributed by atoms with Crippen LogP contribution >= 0.6 is 0 Å². The van der Waals surface area contributed by atoms with Crippen LogP contribution in [0.25, 0.3) is 11.0 Å². The maximum absolute atomic E-state index is 6.13. The van der Waals surface area contributed by atoms with Crippen molar-refractivity contribution in [2.75, 3.05) is 7.11 Å². The molecule has 0 aliphatic carbocycles. The molecule has 0 bridgehead atoms. The highest BCUT2D eigenvalue weighted by atomic mass is 28.3. The SMILES string of the molecule is COc1ccc(CC(N)C#C[Si](C)(C)C)c2ccoc12. The lowest BCUT2D eigenvalue weighted by Crippen LogP contribution is -2.23. The summed E-state index contributed by atoms with van der Waals surface area (Å²) in [5.41, 5.74) is 11.4. The van der Waals surface area contributed by atoms with Crippen molar-refractivity contribution >= 4 is 19.0 Å². The minimum atomic E-state index is -1.37. The standard InChI is InChI=1S/C16H21NO2Si/c1-18-15-6-5-12(14-7-9-19-16(14)15)11-13(17)8-10-20(2,3)4/h5-7,9,13H,11,17H2,1-4H3. The first-order valence-electron chi connectivity index (χ1n) is 6.72. The van der Waals surface area contributed by atoms with Crippen LogP contribution in [0.2, 0.25) is 19.6 Å². The molecule has 0 fully saturated rings. The summed E-state index contributed by atoms with van der Waals surface area (Å²) in [6.45, 7) is 6.65. The van der Waals surface area contributed by atoms with E-state index in [4.69, 9.17) is 14.9 Å².